The van der Waals surface area contributed by atoms with Crippen LogP contribution in [0.15, 0.2) is 48.5 Å². The third-order valence-corrected chi connectivity index (χ3v) is 7.88. The van der Waals surface area contributed by atoms with Gasteiger partial charge in [0.2, 0.25) is 15.9 Å². The van der Waals surface area contributed by atoms with Crippen molar-refractivity contribution >= 4 is 27.5 Å². The number of hydrogen-bond donors (Lipinski definition) is 1. The molecule has 2 saturated heterocycles. The van der Waals surface area contributed by atoms with Gasteiger partial charge in [-0.15, -0.1) is 0 Å². The van der Waals surface area contributed by atoms with Crippen LogP contribution in [0.1, 0.15) is 53.2 Å². The van der Waals surface area contributed by atoms with Crippen molar-refractivity contribution in [2.24, 2.45) is 0 Å². The summed E-state index contributed by atoms with van der Waals surface area (Å²) in [4.78, 5) is 27.2. The molecule has 8 heteroatoms. The highest BCUT2D eigenvalue weighted by Crippen LogP contribution is 2.26. The fourth-order valence-electron chi connectivity index (χ4n) is 4.38. The van der Waals surface area contributed by atoms with Gasteiger partial charge in [0.15, 0.2) is 0 Å². The van der Waals surface area contributed by atoms with E-state index in [1.54, 1.807) is 12.1 Å². The Kier molecular flexibility index (Phi) is 6.62. The monoisotopic (exact) mass is 455 g/mol. The second-order valence-electron chi connectivity index (χ2n) is 8.50. The van der Waals surface area contributed by atoms with E-state index in [1.807, 2.05) is 0 Å². The molecule has 0 radical (unpaired) electrons. The summed E-state index contributed by atoms with van der Waals surface area (Å²) in [7, 11) is -3.61. The lowest BCUT2D eigenvalue weighted by Crippen LogP contribution is -2.40. The van der Waals surface area contributed by atoms with Crippen molar-refractivity contribution in [3.05, 3.63) is 65.2 Å². The molecule has 2 aliphatic rings. The van der Waals surface area contributed by atoms with Gasteiger partial charge in [-0.1, -0.05) is 36.2 Å². The second-order valence-corrected chi connectivity index (χ2v) is 10.4. The minimum absolute atomic E-state index is 0.0124. The Bertz CT molecular complexity index is 1080. The number of hydrogen-bond acceptors (Lipinski definition) is 5. The van der Waals surface area contributed by atoms with Crippen molar-refractivity contribution in [1.82, 2.24) is 10.2 Å². The molecule has 2 aromatic carbocycles. The molecule has 0 aromatic heterocycles. The summed E-state index contributed by atoms with van der Waals surface area (Å²) in [5.74, 6) is -0.837. The van der Waals surface area contributed by atoms with Gasteiger partial charge in [0.1, 0.15) is 0 Å². The molecule has 0 aliphatic carbocycles. The molecule has 32 heavy (non-hydrogen) atoms. The van der Waals surface area contributed by atoms with E-state index in [0.29, 0.717) is 12.1 Å². The smallest absolute Gasteiger partial charge is 0.251 e. The zero-order chi connectivity index (χ0) is 22.7. The Hall–Kier alpha value is -2.71. The maximum absolute atomic E-state index is 12.8. The average molecular weight is 456 g/mol. The first-order chi connectivity index (χ1) is 15.3. The molecule has 2 amide bonds. The normalized spacial score (nSPS) is 19.7. The topological polar surface area (TPSA) is 86.8 Å². The van der Waals surface area contributed by atoms with Crippen LogP contribution in [-0.4, -0.2) is 50.5 Å². The fourth-order valence-corrected chi connectivity index (χ4v) is 5.84. The lowest BCUT2D eigenvalue weighted by molar-refractivity contribution is -0.116. The van der Waals surface area contributed by atoms with Crippen molar-refractivity contribution in [3.63, 3.8) is 0 Å². The number of benzene rings is 2. The van der Waals surface area contributed by atoms with Crippen molar-refractivity contribution in [2.45, 2.75) is 38.6 Å². The number of amides is 2. The molecule has 0 saturated carbocycles. The van der Waals surface area contributed by atoms with Crippen LogP contribution in [0.3, 0.4) is 0 Å². The quantitative estimate of drug-likeness (QED) is 0.724. The van der Waals surface area contributed by atoms with E-state index < -0.39 is 15.9 Å². The highest BCUT2D eigenvalue weighted by Gasteiger charge is 2.36. The van der Waals surface area contributed by atoms with Crippen LogP contribution >= 0.6 is 0 Å². The summed E-state index contributed by atoms with van der Waals surface area (Å²) in [6.07, 6.45) is 3.55. The second kappa shape index (κ2) is 9.42. The minimum Gasteiger partial charge on any atom is -0.350 e. The number of carbonyl (C=O) groups is 2. The molecule has 0 bridgehead atoms. The van der Waals surface area contributed by atoms with Crippen LogP contribution in [-0.2, 0) is 14.8 Å². The largest absolute Gasteiger partial charge is 0.350 e. The van der Waals surface area contributed by atoms with E-state index in [2.05, 4.69) is 41.4 Å². The van der Waals surface area contributed by atoms with Crippen molar-refractivity contribution < 1.29 is 18.0 Å². The van der Waals surface area contributed by atoms with Crippen LogP contribution in [0.25, 0.3) is 0 Å². The molecule has 1 atom stereocenters. The molecule has 2 heterocycles. The Balaban J connectivity index is 1.46. The SMILES string of the molecule is Cc1ccc([C@H](CNC(=O)c2ccc(N3C(=O)CCS3(=O)=O)cc2)N2CCCCC2)cc1. The van der Waals surface area contributed by atoms with Gasteiger partial charge in [-0.2, -0.15) is 0 Å². The summed E-state index contributed by atoms with van der Waals surface area (Å²) >= 11 is 0. The van der Waals surface area contributed by atoms with Gasteiger partial charge in [-0.3, -0.25) is 14.5 Å². The van der Waals surface area contributed by atoms with Gasteiger partial charge < -0.3 is 5.32 Å². The first-order valence-electron chi connectivity index (χ1n) is 11.1. The van der Waals surface area contributed by atoms with Crippen LogP contribution in [0, 0.1) is 6.92 Å². The molecular formula is C24H29N3O4S. The van der Waals surface area contributed by atoms with Gasteiger partial charge in [-0.05, 0) is 62.7 Å². The third-order valence-electron chi connectivity index (χ3n) is 6.19. The lowest BCUT2D eigenvalue weighted by Gasteiger charge is -2.35. The number of carbonyl (C=O) groups excluding carboxylic acids is 2. The van der Waals surface area contributed by atoms with Crippen molar-refractivity contribution in [1.29, 1.82) is 0 Å². The maximum atomic E-state index is 12.8. The molecule has 0 unspecified atom stereocenters. The minimum atomic E-state index is -3.61. The summed E-state index contributed by atoms with van der Waals surface area (Å²) in [6, 6.07) is 14.7. The molecule has 1 N–H and O–H groups in total. The molecule has 7 nitrogen and oxygen atoms in total. The number of piperidine rings is 1. The zero-order valence-electron chi connectivity index (χ0n) is 18.3. The van der Waals surface area contributed by atoms with Gasteiger partial charge in [0.25, 0.3) is 5.91 Å². The average Bonchev–Trinajstić information content (AvgIpc) is 3.08. The zero-order valence-corrected chi connectivity index (χ0v) is 19.1. The van der Waals surface area contributed by atoms with E-state index in [1.165, 1.54) is 29.7 Å². The number of aryl methyl sites for hydroxylation is 1. The van der Waals surface area contributed by atoms with E-state index in [-0.39, 0.29) is 29.8 Å². The van der Waals surface area contributed by atoms with Gasteiger partial charge in [-0.25, -0.2) is 12.7 Å². The predicted molar refractivity (Wildman–Crippen MR) is 124 cm³/mol. The fraction of sp³-hybridized carbons (Fsp3) is 0.417. The van der Waals surface area contributed by atoms with E-state index in [4.69, 9.17) is 0 Å². The first kappa shape index (κ1) is 22.5. The molecule has 4 rings (SSSR count). The number of anilines is 1. The van der Waals surface area contributed by atoms with Crippen LogP contribution in [0.2, 0.25) is 0 Å². The molecular weight excluding hydrogens is 426 g/mol. The number of sulfonamides is 1. The van der Waals surface area contributed by atoms with E-state index >= 15 is 0 Å². The summed E-state index contributed by atoms with van der Waals surface area (Å²) in [5.41, 5.74) is 3.09. The number of rotatable bonds is 6. The van der Waals surface area contributed by atoms with Crippen molar-refractivity contribution in [2.75, 3.05) is 29.7 Å². The first-order valence-corrected chi connectivity index (χ1v) is 12.7. The van der Waals surface area contributed by atoms with Gasteiger partial charge in [0.05, 0.1) is 17.5 Å². The molecule has 2 aromatic rings. The molecule has 170 valence electrons. The van der Waals surface area contributed by atoms with Crippen molar-refractivity contribution in [3.8, 4) is 0 Å². The highest BCUT2D eigenvalue weighted by molar-refractivity contribution is 7.94. The summed E-state index contributed by atoms with van der Waals surface area (Å²) in [5, 5.41) is 3.04. The number of nitrogens with zero attached hydrogens (tertiary/aromatic N) is 2. The van der Waals surface area contributed by atoms with Gasteiger partial charge in [0, 0.05) is 18.5 Å². The Labute approximate surface area is 189 Å². The summed E-state index contributed by atoms with van der Waals surface area (Å²) < 4.78 is 25.0. The van der Waals surface area contributed by atoms with Gasteiger partial charge >= 0.3 is 0 Å². The number of likely N-dealkylation sites (tertiary alicyclic amines) is 1. The number of nitrogens with one attached hydrogen (secondary N) is 1. The third kappa shape index (κ3) is 4.86. The van der Waals surface area contributed by atoms with Crippen LogP contribution < -0.4 is 9.62 Å². The molecule has 0 spiro atoms. The Morgan fingerprint density at radius 1 is 1.00 bits per heavy atom. The highest BCUT2D eigenvalue weighted by atomic mass is 32.2. The Morgan fingerprint density at radius 3 is 2.25 bits per heavy atom. The summed E-state index contributed by atoms with van der Waals surface area (Å²) in [6.45, 7) is 4.58. The standard InChI is InChI=1S/C24H29N3O4S/c1-18-5-7-19(8-6-18)22(26-14-3-2-4-15-26)17-25-24(29)20-9-11-21(12-10-20)27-23(28)13-16-32(27,30)31/h5-12,22H,2-4,13-17H2,1H3,(H,25,29)/t22-/m0/s1. The lowest BCUT2D eigenvalue weighted by atomic mass is 10.0. The molecule has 2 aliphatic heterocycles. The predicted octanol–water partition coefficient (Wildman–Crippen LogP) is 3.02. The molecule has 2 fully saturated rings. The van der Waals surface area contributed by atoms with Crippen LogP contribution in [0.4, 0.5) is 5.69 Å². The Morgan fingerprint density at radius 2 is 1.66 bits per heavy atom. The van der Waals surface area contributed by atoms with E-state index in [0.717, 1.165) is 30.2 Å². The maximum Gasteiger partial charge on any atom is 0.251 e. The van der Waals surface area contributed by atoms with E-state index in [9.17, 15) is 18.0 Å². The van der Waals surface area contributed by atoms with Crippen LogP contribution in [0.5, 0.6) is 0 Å².